The first-order valence-electron chi connectivity index (χ1n) is 2.28. The van der Waals surface area contributed by atoms with Crippen LogP contribution >= 0.6 is 0 Å². The molecule has 0 saturated heterocycles. The van der Waals surface area contributed by atoms with Crippen molar-refractivity contribution in [3.8, 4) is 0 Å². The smallest absolute Gasteiger partial charge is 1.00 e. The van der Waals surface area contributed by atoms with Crippen molar-refractivity contribution in [2.24, 2.45) is 0 Å². The van der Waals surface area contributed by atoms with Gasteiger partial charge in [-0.15, -0.1) is 0 Å². The van der Waals surface area contributed by atoms with Crippen molar-refractivity contribution >= 4 is 11.9 Å². The molecule has 16 heavy (non-hydrogen) atoms. The number of aliphatic hydroxyl groups excluding tert-OH is 2. The van der Waals surface area contributed by atoms with Crippen LogP contribution in [0.15, 0.2) is 0 Å². The minimum absolute atomic E-state index is 0. The van der Waals surface area contributed by atoms with Crippen LogP contribution in [0.4, 0.5) is 0 Å². The average Bonchev–Trinajstić information content (AvgIpc) is 1.84. The third kappa shape index (κ3) is 17.7. The summed E-state index contributed by atoms with van der Waals surface area (Å²) in [6, 6.07) is 0. The van der Waals surface area contributed by atoms with E-state index in [0.29, 0.717) is 0 Å². The van der Waals surface area contributed by atoms with Crippen molar-refractivity contribution < 1.29 is 136 Å². The van der Waals surface area contributed by atoms with Gasteiger partial charge >= 0.3 is 92.9 Å². The van der Waals surface area contributed by atoms with E-state index in [-0.39, 0.29) is 106 Å². The molecule has 0 spiro atoms. The summed E-state index contributed by atoms with van der Waals surface area (Å²) in [5, 5.41) is 32.5. The van der Waals surface area contributed by atoms with E-state index in [4.69, 9.17) is 20.4 Å². The molecule has 2 unspecified atom stereocenters. The number of aliphatic carboxylic acids is 2. The Kier molecular flexibility index (Phi) is 58.5. The fourth-order valence-electron chi connectivity index (χ4n) is 0.270. The topological polar surface area (TPSA) is 241 Å². The first-order chi connectivity index (χ1) is 4.46. The van der Waals surface area contributed by atoms with Crippen LogP contribution in [0.25, 0.3) is 0 Å². The average molecular weight is 286 g/mol. The largest absolute Gasteiger partial charge is 1.00 e. The molecule has 0 bridgehead atoms. The van der Waals surface area contributed by atoms with Gasteiger partial charge in [-0.1, -0.05) is 0 Å². The summed E-state index contributed by atoms with van der Waals surface area (Å²) >= 11 is 0. The van der Waals surface area contributed by atoms with E-state index in [0.717, 1.165) is 0 Å². The zero-order chi connectivity index (χ0) is 8.31. The summed E-state index contributed by atoms with van der Waals surface area (Å²) in [4.78, 5) is 19.5. The SMILES string of the molecule is O.O.O.O.O=C(O)C(O)C(O)C(=O)O.[H-].[H-].[K+].[Na+]. The Morgan fingerprint density at radius 3 is 1.00 bits per heavy atom. The first-order valence-corrected chi connectivity index (χ1v) is 2.28. The molecular weight excluding hydrogens is 270 g/mol. The molecule has 94 valence electrons. The van der Waals surface area contributed by atoms with Crippen molar-refractivity contribution in [2.75, 3.05) is 0 Å². The fourth-order valence-corrected chi connectivity index (χ4v) is 0.270. The van der Waals surface area contributed by atoms with Gasteiger partial charge in [0.1, 0.15) is 0 Å². The number of hydrogen-bond acceptors (Lipinski definition) is 4. The number of aliphatic hydroxyl groups is 2. The van der Waals surface area contributed by atoms with Crippen LogP contribution in [-0.4, -0.2) is 66.5 Å². The molecule has 0 aliphatic carbocycles. The molecule has 0 fully saturated rings. The van der Waals surface area contributed by atoms with Crippen LogP contribution in [0.5, 0.6) is 0 Å². The molecule has 0 amide bonds. The molecule has 0 saturated carbocycles. The number of rotatable bonds is 3. The quantitative estimate of drug-likeness (QED) is 0.366. The van der Waals surface area contributed by atoms with Gasteiger partial charge in [0.25, 0.3) is 0 Å². The summed E-state index contributed by atoms with van der Waals surface area (Å²) in [6.07, 6.45) is -4.53. The van der Waals surface area contributed by atoms with Crippen LogP contribution in [0, 0.1) is 0 Å². The Hall–Kier alpha value is 1.34. The number of carboxylic acids is 2. The molecule has 0 heterocycles. The zero-order valence-electron chi connectivity index (χ0n) is 10.8. The van der Waals surface area contributed by atoms with E-state index in [1.54, 1.807) is 0 Å². The predicted octanol–water partition coefficient (Wildman–Crippen LogP) is -11.2. The number of hydrogen-bond donors (Lipinski definition) is 4. The van der Waals surface area contributed by atoms with Crippen molar-refractivity contribution in [3.63, 3.8) is 0 Å². The summed E-state index contributed by atoms with van der Waals surface area (Å²) in [5.41, 5.74) is 0. The van der Waals surface area contributed by atoms with Crippen LogP contribution in [0.1, 0.15) is 2.85 Å². The van der Waals surface area contributed by atoms with E-state index in [2.05, 4.69) is 0 Å². The molecule has 0 aliphatic rings. The standard InChI is InChI=1S/C4H6O6.K.Na.4H2O.2H/c5-1(3(7)8)2(6)4(9)10;;;;;;;;/h1-2,5-6H,(H,7,8)(H,9,10);;;4*1H2;;/q;2*+1;;;;;2*-1. The second kappa shape index (κ2) is 21.6. The summed E-state index contributed by atoms with van der Waals surface area (Å²) in [7, 11) is 0. The molecule has 12 heteroatoms. The maximum Gasteiger partial charge on any atom is 1.00 e. The van der Waals surface area contributed by atoms with E-state index < -0.39 is 24.1 Å². The van der Waals surface area contributed by atoms with Gasteiger partial charge < -0.3 is 45.2 Å². The van der Waals surface area contributed by atoms with Crippen LogP contribution in [0.2, 0.25) is 0 Å². The molecule has 12 N–H and O–H groups in total. The van der Waals surface area contributed by atoms with Gasteiger partial charge in [0.2, 0.25) is 0 Å². The minimum atomic E-state index is -2.27. The van der Waals surface area contributed by atoms with Crippen molar-refractivity contribution in [1.29, 1.82) is 0 Å². The Bertz CT molecular complexity index is 156. The van der Waals surface area contributed by atoms with Gasteiger partial charge in [-0.3, -0.25) is 0 Å². The zero-order valence-corrected chi connectivity index (χ0v) is 13.9. The van der Waals surface area contributed by atoms with E-state index >= 15 is 0 Å². The van der Waals surface area contributed by atoms with Crippen molar-refractivity contribution in [1.82, 2.24) is 0 Å². The fraction of sp³-hybridized carbons (Fsp3) is 0.500. The van der Waals surface area contributed by atoms with E-state index in [1.807, 2.05) is 0 Å². The van der Waals surface area contributed by atoms with Crippen molar-refractivity contribution in [3.05, 3.63) is 0 Å². The maximum atomic E-state index is 9.77. The second-order valence-electron chi connectivity index (χ2n) is 1.57. The molecule has 0 aromatic rings. The monoisotopic (exact) mass is 286 g/mol. The first kappa shape index (κ1) is 43.3. The Morgan fingerprint density at radius 1 is 0.812 bits per heavy atom. The second-order valence-corrected chi connectivity index (χ2v) is 1.57. The summed E-state index contributed by atoms with van der Waals surface area (Å²) in [6.45, 7) is 0. The van der Waals surface area contributed by atoms with E-state index in [1.165, 1.54) is 0 Å². The van der Waals surface area contributed by atoms with Gasteiger partial charge in [0, 0.05) is 0 Å². The Labute approximate surface area is 158 Å². The number of carboxylic acid groups (broad SMARTS) is 2. The van der Waals surface area contributed by atoms with Crippen LogP contribution in [0.3, 0.4) is 0 Å². The van der Waals surface area contributed by atoms with Gasteiger partial charge in [0.15, 0.2) is 12.2 Å². The van der Waals surface area contributed by atoms with Crippen LogP contribution < -0.4 is 80.9 Å². The summed E-state index contributed by atoms with van der Waals surface area (Å²) < 4.78 is 0. The van der Waals surface area contributed by atoms with Gasteiger partial charge in [0.05, 0.1) is 0 Å². The normalized spacial score (nSPS) is 9.88. The molecule has 0 aromatic heterocycles. The Morgan fingerprint density at radius 2 is 0.938 bits per heavy atom. The van der Waals surface area contributed by atoms with Gasteiger partial charge in [-0.2, -0.15) is 0 Å². The third-order valence-corrected chi connectivity index (χ3v) is 0.805. The van der Waals surface area contributed by atoms with Crippen molar-refractivity contribution in [2.45, 2.75) is 12.2 Å². The van der Waals surface area contributed by atoms with Gasteiger partial charge in [-0.25, -0.2) is 9.59 Å². The molecule has 10 nitrogen and oxygen atoms in total. The molecule has 2 atom stereocenters. The number of carbonyl (C=O) groups is 2. The van der Waals surface area contributed by atoms with Crippen LogP contribution in [-0.2, 0) is 9.59 Å². The molecular formula is C4H16KNaO10. The molecule has 0 aliphatic heterocycles. The molecule has 0 aromatic carbocycles. The molecule has 0 rings (SSSR count). The minimum Gasteiger partial charge on any atom is -1.00 e. The Balaban J connectivity index is -0.0000000145. The summed E-state index contributed by atoms with van der Waals surface area (Å²) in [5.74, 6) is -3.54. The third-order valence-electron chi connectivity index (χ3n) is 0.805. The van der Waals surface area contributed by atoms with E-state index in [9.17, 15) is 9.59 Å². The van der Waals surface area contributed by atoms with Gasteiger partial charge in [-0.05, 0) is 0 Å². The predicted molar refractivity (Wildman–Crippen MR) is 44.0 cm³/mol. The maximum absolute atomic E-state index is 9.77. The molecule has 0 radical (unpaired) electrons.